The van der Waals surface area contributed by atoms with E-state index in [4.69, 9.17) is 4.74 Å². The molecule has 2 atom stereocenters. The van der Waals surface area contributed by atoms with Crippen molar-refractivity contribution in [2.24, 2.45) is 17.3 Å². The Kier molecular flexibility index (Phi) is 15.2. The van der Waals surface area contributed by atoms with Crippen LogP contribution in [-0.2, 0) is 24.0 Å². The highest BCUT2D eigenvalue weighted by molar-refractivity contribution is 5.93. The molecule has 1 aliphatic heterocycles. The van der Waals surface area contributed by atoms with Crippen molar-refractivity contribution in [3.63, 3.8) is 0 Å². The molecular formula is C38H60O2. The van der Waals surface area contributed by atoms with Crippen LogP contribution in [0.1, 0.15) is 139 Å². The van der Waals surface area contributed by atoms with Crippen molar-refractivity contribution < 1.29 is 9.53 Å². The molecular weight excluding hydrogens is 488 g/mol. The van der Waals surface area contributed by atoms with Gasteiger partial charge in [-0.3, -0.25) is 4.79 Å². The molecule has 2 aromatic rings. The number of rotatable bonds is 3. The molecule has 2 aliphatic carbocycles. The molecule has 1 saturated carbocycles. The molecule has 0 radical (unpaired) electrons. The van der Waals surface area contributed by atoms with Gasteiger partial charge >= 0.3 is 0 Å². The number of benzene rings is 2. The Labute approximate surface area is 247 Å². The number of hydrogen-bond acceptors (Lipinski definition) is 2. The van der Waals surface area contributed by atoms with E-state index in [2.05, 4.69) is 59.7 Å². The van der Waals surface area contributed by atoms with Gasteiger partial charge in [-0.15, -0.1) is 0 Å². The van der Waals surface area contributed by atoms with Crippen molar-refractivity contribution in [2.75, 3.05) is 6.61 Å². The lowest BCUT2D eigenvalue weighted by atomic mass is 9.72. The molecule has 2 unspecified atom stereocenters. The van der Waals surface area contributed by atoms with E-state index in [9.17, 15) is 4.79 Å². The van der Waals surface area contributed by atoms with Gasteiger partial charge < -0.3 is 4.74 Å². The van der Waals surface area contributed by atoms with Gasteiger partial charge in [0.2, 0.25) is 0 Å². The zero-order chi connectivity index (χ0) is 29.5. The third-order valence-electron chi connectivity index (χ3n) is 8.92. The van der Waals surface area contributed by atoms with Gasteiger partial charge in [0.05, 0.1) is 6.10 Å². The Morgan fingerprint density at radius 3 is 2.02 bits per heavy atom. The molecule has 0 bridgehead atoms. The van der Waals surface area contributed by atoms with Crippen molar-refractivity contribution in [2.45, 2.75) is 139 Å². The molecule has 0 N–H and O–H groups in total. The monoisotopic (exact) mass is 548 g/mol. The van der Waals surface area contributed by atoms with Crippen molar-refractivity contribution in [1.29, 1.82) is 0 Å². The summed E-state index contributed by atoms with van der Waals surface area (Å²) >= 11 is 0. The number of fused-ring (bicyclic) bond motifs is 1. The normalized spacial score (nSPS) is 20.5. The summed E-state index contributed by atoms with van der Waals surface area (Å²) in [6.45, 7) is 18.5. The van der Waals surface area contributed by atoms with Crippen LogP contribution in [0.5, 0.6) is 0 Å². The lowest BCUT2D eigenvalue weighted by Gasteiger charge is -2.33. The average Bonchev–Trinajstić information content (AvgIpc) is 3.48. The summed E-state index contributed by atoms with van der Waals surface area (Å²) in [5, 5.41) is 0. The maximum atomic E-state index is 10.8. The van der Waals surface area contributed by atoms with E-state index < -0.39 is 0 Å². The fraction of sp³-hybridized carbons (Fsp3) is 0.658. The second-order valence-electron chi connectivity index (χ2n) is 13.5. The molecule has 1 saturated heterocycles. The van der Waals surface area contributed by atoms with E-state index in [1.807, 2.05) is 31.2 Å². The molecule has 2 aromatic carbocycles. The lowest BCUT2D eigenvalue weighted by Crippen LogP contribution is -2.22. The zero-order valence-corrected chi connectivity index (χ0v) is 27.3. The van der Waals surface area contributed by atoms with Crippen LogP contribution in [-0.4, -0.2) is 18.5 Å². The maximum Gasteiger partial charge on any atom is 0.159 e. The van der Waals surface area contributed by atoms with Crippen molar-refractivity contribution in [3.8, 4) is 0 Å². The van der Waals surface area contributed by atoms with E-state index in [0.717, 1.165) is 24.0 Å². The number of ketones is 1. The van der Waals surface area contributed by atoms with E-state index in [-0.39, 0.29) is 5.78 Å². The van der Waals surface area contributed by atoms with Crippen LogP contribution in [0.4, 0.5) is 0 Å². The molecule has 3 aliphatic rings. The number of aryl methyl sites for hydroxylation is 3. The topological polar surface area (TPSA) is 26.3 Å². The Bertz CT molecular complexity index is 970. The van der Waals surface area contributed by atoms with Gasteiger partial charge in [-0.25, -0.2) is 0 Å². The minimum atomic E-state index is 0.125. The Morgan fingerprint density at radius 2 is 1.55 bits per heavy atom. The van der Waals surface area contributed by atoms with Gasteiger partial charge in [-0.1, -0.05) is 109 Å². The van der Waals surface area contributed by atoms with Gasteiger partial charge in [-0.2, -0.15) is 0 Å². The van der Waals surface area contributed by atoms with Gasteiger partial charge in [-0.05, 0) is 106 Å². The Balaban J connectivity index is 0.000000191. The quantitative estimate of drug-likeness (QED) is 0.357. The minimum absolute atomic E-state index is 0.125. The standard InChI is InChI=1S/C13H18.C10H20.C9H10O.C6H12O/c1-3-11-5-7-12-8-10(2)4-6-13(12)9-11;1-10(2,3)9-7-5-4-6-8-9;1-7-3-5-9(6-4-7)8(2)10;1-2-6-4-3-5-7-6/h5,7,9-10H,3-4,6,8H2,1-2H3;9H,4-8H2,1-3H3;3-6H,1-2H3;6H,2-5H2,1H3. The molecule has 1 heterocycles. The molecule has 0 aromatic heterocycles. The lowest BCUT2D eigenvalue weighted by molar-refractivity contribution is 0.101. The number of ether oxygens (including phenoxy) is 1. The van der Waals surface area contributed by atoms with Crippen molar-refractivity contribution in [3.05, 3.63) is 70.3 Å². The van der Waals surface area contributed by atoms with E-state index in [0.29, 0.717) is 11.5 Å². The highest BCUT2D eigenvalue weighted by atomic mass is 16.5. The third kappa shape index (κ3) is 12.7. The van der Waals surface area contributed by atoms with Gasteiger partial charge in [0.1, 0.15) is 0 Å². The van der Waals surface area contributed by atoms with Crippen LogP contribution in [0.15, 0.2) is 42.5 Å². The molecule has 0 amide bonds. The predicted octanol–water partition coefficient (Wildman–Crippen LogP) is 10.8. The summed E-state index contributed by atoms with van der Waals surface area (Å²) in [7, 11) is 0. The first-order chi connectivity index (χ1) is 19.0. The minimum Gasteiger partial charge on any atom is -0.378 e. The molecule has 2 nitrogen and oxygen atoms in total. The van der Waals surface area contributed by atoms with E-state index in [1.165, 1.54) is 88.2 Å². The highest BCUT2D eigenvalue weighted by Gasteiger charge is 2.25. The summed E-state index contributed by atoms with van der Waals surface area (Å²) in [6, 6.07) is 14.6. The van der Waals surface area contributed by atoms with Crippen LogP contribution >= 0.6 is 0 Å². The molecule has 40 heavy (non-hydrogen) atoms. The van der Waals surface area contributed by atoms with Crippen molar-refractivity contribution in [1.82, 2.24) is 0 Å². The fourth-order valence-electron chi connectivity index (χ4n) is 5.93. The second-order valence-corrected chi connectivity index (χ2v) is 13.5. The third-order valence-corrected chi connectivity index (χ3v) is 8.92. The largest absolute Gasteiger partial charge is 0.378 e. The number of Topliss-reactive ketones (excluding diaryl/α,β-unsaturated/α-hetero) is 1. The zero-order valence-electron chi connectivity index (χ0n) is 27.3. The Hall–Kier alpha value is -1.93. The second kappa shape index (κ2) is 17.8. The van der Waals surface area contributed by atoms with Crippen LogP contribution in [0.25, 0.3) is 0 Å². The number of carbonyl (C=O) groups is 1. The van der Waals surface area contributed by atoms with Crippen LogP contribution < -0.4 is 0 Å². The Morgan fingerprint density at radius 1 is 0.875 bits per heavy atom. The SMILES string of the molecule is CC(=O)c1ccc(C)cc1.CC(C)(C)C1CCCCC1.CCC1CCCO1.CCc1ccc2c(c1)CCC(C)C2. The first-order valence-electron chi connectivity index (χ1n) is 16.3. The van der Waals surface area contributed by atoms with Gasteiger partial charge in [0, 0.05) is 12.2 Å². The van der Waals surface area contributed by atoms with Crippen LogP contribution in [0.2, 0.25) is 0 Å². The highest BCUT2D eigenvalue weighted by Crippen LogP contribution is 2.37. The van der Waals surface area contributed by atoms with Crippen LogP contribution in [0, 0.1) is 24.2 Å². The summed E-state index contributed by atoms with van der Waals surface area (Å²) in [5.74, 6) is 2.02. The number of carbonyl (C=O) groups excluding carboxylic acids is 1. The van der Waals surface area contributed by atoms with Crippen molar-refractivity contribution >= 4 is 5.78 Å². The molecule has 2 fully saturated rings. The summed E-state index contributed by atoms with van der Waals surface area (Å²) in [4.78, 5) is 10.8. The summed E-state index contributed by atoms with van der Waals surface area (Å²) < 4.78 is 5.30. The predicted molar refractivity (Wildman–Crippen MR) is 173 cm³/mol. The van der Waals surface area contributed by atoms with Crippen LogP contribution in [0.3, 0.4) is 0 Å². The number of hydrogen-bond donors (Lipinski definition) is 0. The first-order valence-corrected chi connectivity index (χ1v) is 16.3. The van der Waals surface area contributed by atoms with Gasteiger partial charge in [0.15, 0.2) is 5.78 Å². The van der Waals surface area contributed by atoms with E-state index in [1.54, 1.807) is 18.1 Å². The van der Waals surface area contributed by atoms with E-state index >= 15 is 0 Å². The molecule has 5 rings (SSSR count). The molecule has 2 heteroatoms. The smallest absolute Gasteiger partial charge is 0.159 e. The maximum absolute atomic E-state index is 10.8. The van der Waals surface area contributed by atoms with Gasteiger partial charge in [0.25, 0.3) is 0 Å². The molecule has 224 valence electrons. The fourth-order valence-corrected chi connectivity index (χ4v) is 5.93. The average molecular weight is 549 g/mol. The summed E-state index contributed by atoms with van der Waals surface area (Å²) in [5.41, 5.74) is 7.23. The molecule has 0 spiro atoms. The first kappa shape index (κ1) is 34.3. The summed E-state index contributed by atoms with van der Waals surface area (Å²) in [6.07, 6.45) is 16.9.